The second-order valence-electron chi connectivity index (χ2n) is 5.54. The molecule has 25 heavy (non-hydrogen) atoms. The van der Waals surface area contributed by atoms with Gasteiger partial charge >= 0.3 is 0 Å². The lowest BCUT2D eigenvalue weighted by Gasteiger charge is -2.10. The molecule has 0 fully saturated rings. The molecule has 0 atom stereocenters. The fraction of sp³-hybridized carbons (Fsp3) is 0.167. The van der Waals surface area contributed by atoms with E-state index in [9.17, 15) is 4.79 Å². The summed E-state index contributed by atoms with van der Waals surface area (Å²) in [6, 6.07) is 14.9. The number of hydrogen-bond acceptors (Lipinski definition) is 5. The van der Waals surface area contributed by atoms with Crippen molar-refractivity contribution in [1.29, 1.82) is 0 Å². The number of nitrogens with zero attached hydrogens (tertiary/aromatic N) is 2. The highest BCUT2D eigenvalue weighted by atomic mass is 35.5. The van der Waals surface area contributed by atoms with Crippen LogP contribution in [0.15, 0.2) is 53.4 Å². The van der Waals surface area contributed by atoms with Crippen molar-refractivity contribution in [1.82, 2.24) is 10.2 Å². The van der Waals surface area contributed by atoms with Gasteiger partial charge in [0.25, 0.3) is 5.91 Å². The molecule has 128 valence electrons. The van der Waals surface area contributed by atoms with E-state index in [-0.39, 0.29) is 5.91 Å². The molecule has 0 unspecified atom stereocenters. The van der Waals surface area contributed by atoms with Gasteiger partial charge in [0.2, 0.25) is 5.13 Å². The number of nitrogens with one attached hydrogen (secondary N) is 1. The first-order valence-corrected chi connectivity index (χ1v) is 9.77. The molecule has 1 heterocycles. The monoisotopic (exact) mass is 389 g/mol. The summed E-state index contributed by atoms with van der Waals surface area (Å²) < 4.78 is 0. The van der Waals surface area contributed by atoms with Crippen LogP contribution < -0.4 is 5.32 Å². The van der Waals surface area contributed by atoms with Gasteiger partial charge in [-0.15, -0.1) is 22.0 Å². The predicted molar refractivity (Wildman–Crippen MR) is 106 cm³/mol. The van der Waals surface area contributed by atoms with Crippen LogP contribution in [0.1, 0.15) is 24.2 Å². The van der Waals surface area contributed by atoms with Crippen LogP contribution in [0.4, 0.5) is 5.13 Å². The van der Waals surface area contributed by atoms with Crippen LogP contribution in [0, 0.1) is 0 Å². The maximum atomic E-state index is 12.6. The molecule has 1 N–H and O–H groups in total. The average Bonchev–Trinajstić information content (AvgIpc) is 3.04. The van der Waals surface area contributed by atoms with E-state index in [1.165, 1.54) is 11.3 Å². The lowest BCUT2D eigenvalue weighted by atomic mass is 10.2. The van der Waals surface area contributed by atoms with Crippen molar-refractivity contribution in [2.24, 2.45) is 0 Å². The number of rotatable bonds is 5. The smallest absolute Gasteiger partial charge is 0.258 e. The maximum absolute atomic E-state index is 12.6. The molecule has 1 amide bonds. The number of halogens is 1. The molecule has 0 spiro atoms. The van der Waals surface area contributed by atoms with Crippen LogP contribution in [0.3, 0.4) is 0 Å². The summed E-state index contributed by atoms with van der Waals surface area (Å²) in [5.74, 6) is -0.178. The maximum Gasteiger partial charge on any atom is 0.258 e. The van der Waals surface area contributed by atoms with E-state index in [4.69, 9.17) is 11.6 Å². The molecular weight excluding hydrogens is 374 g/mol. The lowest BCUT2D eigenvalue weighted by Crippen LogP contribution is -2.13. The third-order valence-corrected chi connectivity index (χ3v) is 5.45. The summed E-state index contributed by atoms with van der Waals surface area (Å²) in [5.41, 5.74) is 1.56. The van der Waals surface area contributed by atoms with Crippen molar-refractivity contribution in [3.63, 3.8) is 0 Å². The zero-order chi connectivity index (χ0) is 17.8. The minimum absolute atomic E-state index is 0.178. The van der Waals surface area contributed by atoms with E-state index in [1.807, 2.05) is 36.4 Å². The number of amides is 1. The van der Waals surface area contributed by atoms with Crippen molar-refractivity contribution >= 4 is 45.7 Å². The molecule has 3 rings (SSSR count). The fourth-order valence-corrected chi connectivity index (χ4v) is 3.98. The highest BCUT2D eigenvalue weighted by Crippen LogP contribution is 2.29. The topological polar surface area (TPSA) is 54.9 Å². The van der Waals surface area contributed by atoms with Gasteiger partial charge in [0, 0.05) is 20.7 Å². The van der Waals surface area contributed by atoms with Crippen molar-refractivity contribution in [2.45, 2.75) is 24.0 Å². The summed E-state index contributed by atoms with van der Waals surface area (Å²) in [7, 11) is 0. The Hall–Kier alpha value is -1.89. The Balaban J connectivity index is 1.77. The molecule has 3 aromatic rings. The van der Waals surface area contributed by atoms with Crippen LogP contribution in [-0.4, -0.2) is 21.4 Å². The number of aromatic nitrogens is 2. The third-order valence-electron chi connectivity index (χ3n) is 3.23. The van der Waals surface area contributed by atoms with Gasteiger partial charge in [-0.05, 0) is 24.3 Å². The second-order valence-corrected chi connectivity index (χ2v) is 8.57. The molecule has 2 aromatic carbocycles. The zero-order valence-electron chi connectivity index (χ0n) is 13.7. The van der Waals surface area contributed by atoms with Crippen molar-refractivity contribution in [2.75, 3.05) is 5.32 Å². The first kappa shape index (κ1) is 17.9. The van der Waals surface area contributed by atoms with Gasteiger partial charge in [0.05, 0.1) is 5.56 Å². The summed E-state index contributed by atoms with van der Waals surface area (Å²) in [6.07, 6.45) is 0. The summed E-state index contributed by atoms with van der Waals surface area (Å²) in [4.78, 5) is 13.6. The Morgan fingerprint density at radius 2 is 1.84 bits per heavy atom. The number of carbonyl (C=O) groups excluding carboxylic acids is 1. The van der Waals surface area contributed by atoms with Crippen molar-refractivity contribution < 1.29 is 4.79 Å². The number of anilines is 1. The number of carbonyl (C=O) groups is 1. The Morgan fingerprint density at radius 1 is 1.12 bits per heavy atom. The molecule has 0 aliphatic rings. The zero-order valence-corrected chi connectivity index (χ0v) is 16.1. The molecule has 0 saturated carbocycles. The van der Waals surface area contributed by atoms with Gasteiger partial charge in [0.1, 0.15) is 5.01 Å². The minimum atomic E-state index is -0.178. The van der Waals surface area contributed by atoms with Gasteiger partial charge in [-0.25, -0.2) is 0 Å². The summed E-state index contributed by atoms with van der Waals surface area (Å²) in [6.45, 7) is 4.20. The first-order chi connectivity index (χ1) is 12.0. The van der Waals surface area contributed by atoms with E-state index < -0.39 is 0 Å². The highest BCUT2D eigenvalue weighted by molar-refractivity contribution is 8.00. The SMILES string of the molecule is CC(C)Sc1ccccc1C(=O)Nc1nnc(-c2ccc(Cl)cc2)s1. The van der Waals surface area contributed by atoms with Crippen LogP contribution in [0.25, 0.3) is 10.6 Å². The van der Waals surface area contributed by atoms with E-state index in [0.717, 1.165) is 15.5 Å². The minimum Gasteiger partial charge on any atom is -0.296 e. The number of thioether (sulfide) groups is 1. The Kier molecular flexibility index (Phi) is 5.73. The average molecular weight is 390 g/mol. The molecule has 4 nitrogen and oxygen atoms in total. The van der Waals surface area contributed by atoms with Crippen LogP contribution in [0.5, 0.6) is 0 Å². The largest absolute Gasteiger partial charge is 0.296 e. The second kappa shape index (κ2) is 7.99. The predicted octanol–water partition coefficient (Wildman–Crippen LogP) is 5.61. The lowest BCUT2D eigenvalue weighted by molar-refractivity contribution is 0.102. The molecular formula is C18H16ClN3OS2. The quantitative estimate of drug-likeness (QED) is 0.576. The van der Waals surface area contributed by atoms with Crippen LogP contribution in [0.2, 0.25) is 5.02 Å². The van der Waals surface area contributed by atoms with E-state index in [0.29, 0.717) is 21.0 Å². The standard InChI is InChI=1S/C18H16ClN3OS2/c1-11(2)24-15-6-4-3-5-14(15)16(23)20-18-22-21-17(25-18)12-7-9-13(19)10-8-12/h3-11H,1-2H3,(H,20,22,23). The third kappa shape index (κ3) is 4.60. The van der Waals surface area contributed by atoms with Crippen molar-refractivity contribution in [3.8, 4) is 10.6 Å². The molecule has 0 bridgehead atoms. The van der Waals surface area contributed by atoms with E-state index in [1.54, 1.807) is 23.9 Å². The normalized spacial score (nSPS) is 10.9. The number of hydrogen-bond donors (Lipinski definition) is 1. The van der Waals surface area contributed by atoms with Crippen molar-refractivity contribution in [3.05, 3.63) is 59.1 Å². The highest BCUT2D eigenvalue weighted by Gasteiger charge is 2.15. The van der Waals surface area contributed by atoms with Gasteiger partial charge in [-0.3, -0.25) is 10.1 Å². The fourth-order valence-electron chi connectivity index (χ4n) is 2.16. The molecule has 0 saturated heterocycles. The number of benzene rings is 2. The molecule has 0 aliphatic heterocycles. The van der Waals surface area contributed by atoms with Crippen LogP contribution >= 0.6 is 34.7 Å². The molecule has 0 aliphatic carbocycles. The van der Waals surface area contributed by atoms with Gasteiger partial charge in [0.15, 0.2) is 0 Å². The molecule has 1 aromatic heterocycles. The molecule has 7 heteroatoms. The van der Waals surface area contributed by atoms with Gasteiger partial charge in [-0.1, -0.05) is 61.1 Å². The Labute approximate surface area is 159 Å². The van der Waals surface area contributed by atoms with E-state index >= 15 is 0 Å². The first-order valence-electron chi connectivity index (χ1n) is 7.69. The van der Waals surface area contributed by atoms with Gasteiger partial charge < -0.3 is 0 Å². The summed E-state index contributed by atoms with van der Waals surface area (Å²) >= 11 is 8.89. The van der Waals surface area contributed by atoms with Crippen LogP contribution in [-0.2, 0) is 0 Å². The Morgan fingerprint density at radius 3 is 2.56 bits per heavy atom. The van der Waals surface area contributed by atoms with E-state index in [2.05, 4.69) is 29.4 Å². The van der Waals surface area contributed by atoms with Gasteiger partial charge in [-0.2, -0.15) is 0 Å². The summed E-state index contributed by atoms with van der Waals surface area (Å²) in [5, 5.41) is 13.3. The Bertz CT molecular complexity index is 878. The molecule has 0 radical (unpaired) electrons.